The van der Waals surface area contributed by atoms with Crippen LogP contribution in [-0.4, -0.2) is 11.1 Å². The maximum Gasteiger partial charge on any atom is 0.338 e. The summed E-state index contributed by atoms with van der Waals surface area (Å²) in [6, 6.07) is 11.6. The van der Waals surface area contributed by atoms with Gasteiger partial charge < -0.3 is 14.8 Å². The van der Waals surface area contributed by atoms with Crippen molar-refractivity contribution in [2.75, 3.05) is 5.32 Å². The molecule has 2 N–H and O–H groups in total. The highest BCUT2D eigenvalue weighted by Gasteiger charge is 2.11. The molecule has 0 radical (unpaired) electrons. The van der Waals surface area contributed by atoms with Crippen LogP contribution in [0.5, 0.6) is 0 Å². The zero-order valence-electron chi connectivity index (χ0n) is 11.0. The second-order valence-corrected chi connectivity index (χ2v) is 4.61. The van der Waals surface area contributed by atoms with Crippen molar-refractivity contribution < 1.29 is 18.7 Å². The molecule has 21 heavy (non-hydrogen) atoms. The molecule has 1 aromatic heterocycles. The minimum absolute atomic E-state index is 0.350. The van der Waals surface area contributed by atoms with Gasteiger partial charge in [-0.2, -0.15) is 0 Å². The van der Waals surface area contributed by atoms with Gasteiger partial charge in [-0.25, -0.2) is 9.18 Å². The van der Waals surface area contributed by atoms with Crippen LogP contribution in [0, 0.1) is 5.82 Å². The predicted molar refractivity (Wildman–Crippen MR) is 76.9 cm³/mol. The van der Waals surface area contributed by atoms with E-state index in [1.165, 1.54) is 12.1 Å². The van der Waals surface area contributed by atoms with E-state index in [0.29, 0.717) is 12.2 Å². The summed E-state index contributed by atoms with van der Waals surface area (Å²) in [4.78, 5) is 10.9. The minimum atomic E-state index is -1.29. The molecule has 0 amide bonds. The van der Waals surface area contributed by atoms with Crippen LogP contribution in [0.3, 0.4) is 0 Å². The Morgan fingerprint density at radius 1 is 1.24 bits per heavy atom. The largest absolute Gasteiger partial charge is 0.478 e. The first kappa shape index (κ1) is 13.2. The van der Waals surface area contributed by atoms with Crippen LogP contribution < -0.4 is 5.32 Å². The molecule has 0 bridgehead atoms. The van der Waals surface area contributed by atoms with E-state index in [0.717, 1.165) is 22.6 Å². The van der Waals surface area contributed by atoms with Crippen molar-refractivity contribution in [3.63, 3.8) is 0 Å². The molecule has 4 nitrogen and oxygen atoms in total. The number of hydrogen-bond donors (Lipinski definition) is 2. The molecule has 106 valence electrons. The molecule has 2 aromatic carbocycles. The Balaban J connectivity index is 1.82. The Kier molecular flexibility index (Phi) is 3.31. The number of carboxylic acid groups (broad SMARTS) is 1. The van der Waals surface area contributed by atoms with Gasteiger partial charge >= 0.3 is 5.97 Å². The molecule has 0 aliphatic rings. The normalized spacial score (nSPS) is 10.7. The third-order valence-corrected chi connectivity index (χ3v) is 3.24. The molecule has 0 saturated carbocycles. The van der Waals surface area contributed by atoms with Gasteiger partial charge in [0.25, 0.3) is 0 Å². The van der Waals surface area contributed by atoms with Gasteiger partial charge in [0.05, 0.1) is 11.8 Å². The Morgan fingerprint density at radius 2 is 2.05 bits per heavy atom. The third-order valence-electron chi connectivity index (χ3n) is 3.24. The summed E-state index contributed by atoms with van der Waals surface area (Å²) in [6.45, 7) is 0.460. The highest BCUT2D eigenvalue weighted by Crippen LogP contribution is 2.22. The number of benzene rings is 2. The number of carboxylic acids is 1. The SMILES string of the molecule is O=C(O)c1cc(NCc2coc3ccccc23)ccc1F. The van der Waals surface area contributed by atoms with Gasteiger partial charge in [0, 0.05) is 23.2 Å². The Bertz CT molecular complexity index is 810. The van der Waals surface area contributed by atoms with E-state index >= 15 is 0 Å². The van der Waals surface area contributed by atoms with Crippen LogP contribution in [0.4, 0.5) is 10.1 Å². The zero-order chi connectivity index (χ0) is 14.8. The Hall–Kier alpha value is -2.82. The maximum atomic E-state index is 13.3. The fraction of sp³-hybridized carbons (Fsp3) is 0.0625. The number of para-hydroxylation sites is 1. The van der Waals surface area contributed by atoms with Crippen LogP contribution in [0.2, 0.25) is 0 Å². The summed E-state index contributed by atoms with van der Waals surface area (Å²) in [5.74, 6) is -2.04. The fourth-order valence-corrected chi connectivity index (χ4v) is 2.17. The lowest BCUT2D eigenvalue weighted by Gasteiger charge is -2.07. The van der Waals surface area contributed by atoms with E-state index in [1.807, 2.05) is 24.3 Å². The van der Waals surface area contributed by atoms with Crippen molar-refractivity contribution >= 4 is 22.6 Å². The molecule has 1 heterocycles. The molecule has 5 heteroatoms. The number of aromatic carboxylic acids is 1. The molecule has 0 spiro atoms. The van der Waals surface area contributed by atoms with E-state index in [4.69, 9.17) is 9.52 Å². The lowest BCUT2D eigenvalue weighted by atomic mass is 10.1. The third kappa shape index (κ3) is 2.58. The molecule has 0 saturated heterocycles. The number of nitrogens with one attached hydrogen (secondary N) is 1. The Morgan fingerprint density at radius 3 is 2.86 bits per heavy atom. The number of rotatable bonds is 4. The number of anilines is 1. The number of fused-ring (bicyclic) bond motifs is 1. The molecule has 0 fully saturated rings. The van der Waals surface area contributed by atoms with E-state index in [1.54, 1.807) is 6.26 Å². The van der Waals surface area contributed by atoms with Crippen molar-refractivity contribution in [2.24, 2.45) is 0 Å². The van der Waals surface area contributed by atoms with Gasteiger partial charge in [-0.1, -0.05) is 18.2 Å². The summed E-state index contributed by atoms with van der Waals surface area (Å²) in [7, 11) is 0. The minimum Gasteiger partial charge on any atom is -0.478 e. The molecular weight excluding hydrogens is 273 g/mol. The standard InChI is InChI=1S/C16H12FNO3/c17-14-6-5-11(7-13(14)16(19)20)18-8-10-9-21-15-4-2-1-3-12(10)15/h1-7,9,18H,8H2,(H,19,20). The lowest BCUT2D eigenvalue weighted by Crippen LogP contribution is -2.04. The molecule has 3 aromatic rings. The van der Waals surface area contributed by atoms with Crippen molar-refractivity contribution in [3.05, 3.63) is 65.7 Å². The summed E-state index contributed by atoms with van der Waals surface area (Å²) >= 11 is 0. The average molecular weight is 285 g/mol. The van der Waals surface area contributed by atoms with Crippen molar-refractivity contribution in [3.8, 4) is 0 Å². The van der Waals surface area contributed by atoms with Crippen LogP contribution >= 0.6 is 0 Å². The van der Waals surface area contributed by atoms with Gasteiger partial charge in [-0.15, -0.1) is 0 Å². The van der Waals surface area contributed by atoms with Gasteiger partial charge in [0.2, 0.25) is 0 Å². The molecule has 0 unspecified atom stereocenters. The van der Waals surface area contributed by atoms with E-state index < -0.39 is 11.8 Å². The molecule has 0 aliphatic heterocycles. The van der Waals surface area contributed by atoms with Crippen LogP contribution in [0.25, 0.3) is 11.0 Å². The number of hydrogen-bond acceptors (Lipinski definition) is 3. The summed E-state index contributed by atoms with van der Waals surface area (Å²) in [5, 5.41) is 13.0. The van der Waals surface area contributed by atoms with Crippen molar-refractivity contribution in [1.29, 1.82) is 0 Å². The molecule has 3 rings (SSSR count). The fourth-order valence-electron chi connectivity index (χ4n) is 2.17. The summed E-state index contributed by atoms with van der Waals surface area (Å²) in [5.41, 5.74) is 1.93. The second-order valence-electron chi connectivity index (χ2n) is 4.61. The van der Waals surface area contributed by atoms with Crippen LogP contribution in [-0.2, 0) is 6.54 Å². The molecule has 0 atom stereocenters. The average Bonchev–Trinajstić information content (AvgIpc) is 2.89. The first-order valence-corrected chi connectivity index (χ1v) is 6.37. The number of furan rings is 1. The lowest BCUT2D eigenvalue weighted by molar-refractivity contribution is 0.0692. The maximum absolute atomic E-state index is 13.3. The predicted octanol–water partition coefficient (Wildman–Crippen LogP) is 3.88. The van der Waals surface area contributed by atoms with Crippen molar-refractivity contribution in [2.45, 2.75) is 6.54 Å². The highest BCUT2D eigenvalue weighted by atomic mass is 19.1. The van der Waals surface area contributed by atoms with Gasteiger partial charge in [0.1, 0.15) is 11.4 Å². The Labute approximate surface area is 119 Å². The number of halogens is 1. The van der Waals surface area contributed by atoms with Gasteiger partial charge in [-0.05, 0) is 24.3 Å². The van der Waals surface area contributed by atoms with Crippen LogP contribution in [0.15, 0.2) is 53.1 Å². The molecule has 0 aliphatic carbocycles. The topological polar surface area (TPSA) is 62.5 Å². The van der Waals surface area contributed by atoms with E-state index in [2.05, 4.69) is 5.32 Å². The van der Waals surface area contributed by atoms with Gasteiger partial charge in [-0.3, -0.25) is 0 Å². The highest BCUT2D eigenvalue weighted by molar-refractivity contribution is 5.89. The van der Waals surface area contributed by atoms with Crippen LogP contribution in [0.1, 0.15) is 15.9 Å². The smallest absolute Gasteiger partial charge is 0.338 e. The molecular formula is C16H12FNO3. The number of carbonyl (C=O) groups is 1. The van der Waals surface area contributed by atoms with Gasteiger partial charge in [0.15, 0.2) is 0 Å². The second kappa shape index (κ2) is 5.28. The zero-order valence-corrected chi connectivity index (χ0v) is 11.0. The quantitative estimate of drug-likeness (QED) is 0.763. The monoisotopic (exact) mass is 285 g/mol. The van der Waals surface area contributed by atoms with Crippen molar-refractivity contribution in [1.82, 2.24) is 0 Å². The summed E-state index contributed by atoms with van der Waals surface area (Å²) in [6.07, 6.45) is 1.65. The van der Waals surface area contributed by atoms with E-state index in [-0.39, 0.29) is 5.56 Å². The first-order valence-electron chi connectivity index (χ1n) is 6.37. The van der Waals surface area contributed by atoms with E-state index in [9.17, 15) is 9.18 Å². The first-order chi connectivity index (χ1) is 10.1. The summed E-state index contributed by atoms with van der Waals surface area (Å²) < 4.78 is 18.7.